The lowest BCUT2D eigenvalue weighted by Gasteiger charge is -2.07. The van der Waals surface area contributed by atoms with Crippen molar-refractivity contribution in [2.24, 2.45) is 10.2 Å². The first-order valence-electron chi connectivity index (χ1n) is 3.97. The summed E-state index contributed by atoms with van der Waals surface area (Å²) in [6.07, 6.45) is 2.14. The zero-order valence-corrected chi connectivity index (χ0v) is 8.20. The van der Waals surface area contributed by atoms with Crippen LogP contribution in [0.2, 0.25) is 0 Å². The van der Waals surface area contributed by atoms with Crippen LogP contribution in [0, 0.1) is 0 Å². The Bertz CT molecular complexity index is 367. The van der Waals surface area contributed by atoms with Crippen LogP contribution in [-0.4, -0.2) is 16.8 Å². The van der Waals surface area contributed by atoms with E-state index in [1.807, 2.05) is 29.8 Å². The van der Waals surface area contributed by atoms with Crippen molar-refractivity contribution in [1.82, 2.24) is 0 Å². The van der Waals surface area contributed by atoms with Crippen molar-refractivity contribution in [3.63, 3.8) is 0 Å². The van der Waals surface area contributed by atoms with E-state index in [1.165, 1.54) is 0 Å². The number of hydrogen-bond donors (Lipinski definition) is 2. The number of nitrogen functional groups attached to an aromatic ring is 1. The first-order chi connectivity index (χ1) is 6.27. The lowest BCUT2D eigenvalue weighted by molar-refractivity contribution is 1.28. The lowest BCUT2D eigenvalue weighted by Crippen LogP contribution is -1.98. The summed E-state index contributed by atoms with van der Waals surface area (Å²) in [5.74, 6) is 0. The molecular formula is C9H11N3S. The highest BCUT2D eigenvalue weighted by Crippen LogP contribution is 2.28. The third kappa shape index (κ3) is 1.58. The predicted octanol–water partition coefficient (Wildman–Crippen LogP) is 1.60. The van der Waals surface area contributed by atoms with Gasteiger partial charge in [-0.1, -0.05) is 12.1 Å². The van der Waals surface area contributed by atoms with Crippen molar-refractivity contribution in [3.8, 4) is 0 Å². The average molecular weight is 193 g/mol. The highest BCUT2D eigenvalue weighted by Gasteiger charge is 2.11. The van der Waals surface area contributed by atoms with Crippen LogP contribution in [0.1, 0.15) is 5.56 Å². The molecule has 68 valence electrons. The van der Waals surface area contributed by atoms with E-state index in [9.17, 15) is 0 Å². The molecule has 1 aliphatic rings. The van der Waals surface area contributed by atoms with Crippen LogP contribution >= 0.6 is 10.9 Å². The topological polar surface area (TPSA) is 50.7 Å². The van der Waals surface area contributed by atoms with Gasteiger partial charge in [0.25, 0.3) is 0 Å². The van der Waals surface area contributed by atoms with Crippen LogP contribution in [0.3, 0.4) is 0 Å². The molecule has 1 heterocycles. The minimum atomic E-state index is -0.297. The van der Waals surface area contributed by atoms with E-state index in [4.69, 9.17) is 5.73 Å². The molecule has 1 aromatic rings. The molecule has 0 radical (unpaired) electrons. The van der Waals surface area contributed by atoms with Gasteiger partial charge in [-0.05, 0) is 18.4 Å². The van der Waals surface area contributed by atoms with E-state index >= 15 is 0 Å². The van der Waals surface area contributed by atoms with Crippen LogP contribution in [0.15, 0.2) is 34.5 Å². The van der Waals surface area contributed by atoms with E-state index in [0.717, 1.165) is 16.3 Å². The number of anilines is 1. The molecule has 2 rings (SSSR count). The molecule has 1 aliphatic heterocycles. The van der Waals surface area contributed by atoms with E-state index < -0.39 is 0 Å². The van der Waals surface area contributed by atoms with Gasteiger partial charge < -0.3 is 5.73 Å². The summed E-state index contributed by atoms with van der Waals surface area (Å²) in [5, 5.41) is 9.07. The minimum absolute atomic E-state index is 0.297. The molecule has 1 atom stereocenters. The molecular weight excluding hydrogens is 182 g/mol. The lowest BCUT2D eigenvalue weighted by atomic mass is 10.2. The highest BCUT2D eigenvalue weighted by molar-refractivity contribution is 8.40. The molecule has 0 amide bonds. The molecule has 0 saturated heterocycles. The predicted molar refractivity (Wildman–Crippen MR) is 60.8 cm³/mol. The number of rotatable bonds is 1. The number of thiol groups is 1. The summed E-state index contributed by atoms with van der Waals surface area (Å²) in [5.41, 5.74) is 9.40. The summed E-state index contributed by atoms with van der Waals surface area (Å²) in [6.45, 7) is 0. The molecule has 2 N–H and O–H groups in total. The Morgan fingerprint density at radius 3 is 2.46 bits per heavy atom. The molecule has 4 heteroatoms. The van der Waals surface area contributed by atoms with Gasteiger partial charge in [0.1, 0.15) is 5.04 Å². The summed E-state index contributed by atoms with van der Waals surface area (Å²) >= 11 is 0. The van der Waals surface area contributed by atoms with Crippen LogP contribution < -0.4 is 5.73 Å². The van der Waals surface area contributed by atoms with Crippen molar-refractivity contribution in [2.45, 2.75) is 0 Å². The fourth-order valence-corrected chi connectivity index (χ4v) is 2.24. The molecule has 0 bridgehead atoms. The molecule has 0 saturated carbocycles. The fourth-order valence-electron chi connectivity index (χ4n) is 1.18. The summed E-state index contributed by atoms with van der Waals surface area (Å²) < 4.78 is 0. The third-order valence-electron chi connectivity index (χ3n) is 1.88. The Labute approximate surface area is 79.7 Å². The number of hydrogen-bond acceptors (Lipinski definition) is 3. The Balaban J connectivity index is 2.32. The second-order valence-electron chi connectivity index (χ2n) is 2.89. The summed E-state index contributed by atoms with van der Waals surface area (Å²) in [6, 6.07) is 7.75. The van der Waals surface area contributed by atoms with Gasteiger partial charge in [0.15, 0.2) is 0 Å². The van der Waals surface area contributed by atoms with Gasteiger partial charge in [-0.25, -0.2) is 0 Å². The summed E-state index contributed by atoms with van der Waals surface area (Å²) in [7, 11) is -0.297. The smallest absolute Gasteiger partial charge is 0.111 e. The Morgan fingerprint density at radius 1 is 1.23 bits per heavy atom. The van der Waals surface area contributed by atoms with Gasteiger partial charge in [0.2, 0.25) is 0 Å². The molecule has 3 nitrogen and oxygen atoms in total. The SMILES string of the molecule is C[SH]1C=NN=C1c1ccc(N)cc1. The summed E-state index contributed by atoms with van der Waals surface area (Å²) in [4.78, 5) is 0. The maximum Gasteiger partial charge on any atom is 0.111 e. The second kappa shape index (κ2) is 3.22. The van der Waals surface area contributed by atoms with E-state index in [2.05, 4.69) is 16.5 Å². The normalized spacial score (nSPS) is 23.2. The standard InChI is InChI=1S/C9H11N3S/c1-13-6-11-12-9(13)7-2-4-8(10)5-3-7/h2-6,13H,10H2,1H3. The zero-order chi connectivity index (χ0) is 9.26. The molecule has 0 spiro atoms. The van der Waals surface area contributed by atoms with Crippen molar-refractivity contribution >= 4 is 27.2 Å². The molecule has 0 aromatic heterocycles. The quantitative estimate of drug-likeness (QED) is 0.516. The molecule has 0 fully saturated rings. The van der Waals surface area contributed by atoms with Crippen LogP contribution in [0.25, 0.3) is 0 Å². The fraction of sp³-hybridized carbons (Fsp3) is 0.111. The van der Waals surface area contributed by atoms with E-state index in [-0.39, 0.29) is 10.9 Å². The maximum absolute atomic E-state index is 5.59. The maximum atomic E-state index is 5.59. The highest BCUT2D eigenvalue weighted by atomic mass is 32.2. The first-order valence-corrected chi connectivity index (χ1v) is 5.83. The Morgan fingerprint density at radius 2 is 1.92 bits per heavy atom. The molecule has 0 aliphatic carbocycles. The monoisotopic (exact) mass is 193 g/mol. The van der Waals surface area contributed by atoms with Crippen molar-refractivity contribution in [3.05, 3.63) is 29.8 Å². The number of nitrogens with two attached hydrogens (primary N) is 1. The largest absolute Gasteiger partial charge is 0.399 e. The van der Waals surface area contributed by atoms with Gasteiger partial charge in [-0.3, -0.25) is 0 Å². The van der Waals surface area contributed by atoms with Crippen LogP contribution in [-0.2, 0) is 0 Å². The average Bonchev–Trinajstić information content (AvgIpc) is 2.53. The van der Waals surface area contributed by atoms with Crippen molar-refractivity contribution < 1.29 is 0 Å². The van der Waals surface area contributed by atoms with Crippen molar-refractivity contribution in [2.75, 3.05) is 12.0 Å². The van der Waals surface area contributed by atoms with Gasteiger partial charge in [-0.15, -0.1) is 5.10 Å². The number of nitrogens with zero attached hydrogens (tertiary/aromatic N) is 2. The van der Waals surface area contributed by atoms with Gasteiger partial charge in [0, 0.05) is 11.3 Å². The van der Waals surface area contributed by atoms with Gasteiger partial charge >= 0.3 is 0 Å². The van der Waals surface area contributed by atoms with E-state index in [0.29, 0.717) is 0 Å². The van der Waals surface area contributed by atoms with Crippen LogP contribution in [0.5, 0.6) is 0 Å². The van der Waals surface area contributed by atoms with Crippen molar-refractivity contribution in [1.29, 1.82) is 0 Å². The van der Waals surface area contributed by atoms with Gasteiger partial charge in [0.05, 0.1) is 5.55 Å². The zero-order valence-electron chi connectivity index (χ0n) is 7.31. The second-order valence-corrected chi connectivity index (χ2v) is 4.76. The minimum Gasteiger partial charge on any atom is -0.399 e. The van der Waals surface area contributed by atoms with Gasteiger partial charge in [-0.2, -0.15) is 16.0 Å². The molecule has 1 aromatic carbocycles. The van der Waals surface area contributed by atoms with Crippen LogP contribution in [0.4, 0.5) is 5.69 Å². The first kappa shape index (κ1) is 8.31. The Kier molecular flexibility index (Phi) is 2.06. The Hall–Kier alpha value is -1.29. The molecule has 1 unspecified atom stereocenters. The van der Waals surface area contributed by atoms with E-state index in [1.54, 1.807) is 0 Å². The molecule has 13 heavy (non-hydrogen) atoms. The third-order valence-corrected chi connectivity index (χ3v) is 3.35. The number of benzene rings is 1.